The molecule has 1 N–H and O–H groups in total. The lowest BCUT2D eigenvalue weighted by molar-refractivity contribution is -0.126. The van der Waals surface area contributed by atoms with E-state index in [1.165, 1.54) is 5.57 Å². The average molecular weight is 342 g/mol. The standard InChI is InChI=1S/C22H30O3/c1-20-10-6-16(24)14-15(20)4-5-17-18(20)7-11-21(2)19(17)8-12-22(21,25)9-3-13-23/h4-5,13-14,17-19,25H,3,6-12H2,1-2H3/t17-,18+,19+,20+,21+,22+/m1/s1. The van der Waals surface area contributed by atoms with Crippen molar-refractivity contribution in [2.75, 3.05) is 0 Å². The van der Waals surface area contributed by atoms with Gasteiger partial charge in [0, 0.05) is 12.8 Å². The molecule has 0 radical (unpaired) electrons. The minimum Gasteiger partial charge on any atom is -0.389 e. The van der Waals surface area contributed by atoms with Gasteiger partial charge < -0.3 is 9.90 Å². The molecule has 0 aromatic heterocycles. The second-order valence-corrected chi connectivity index (χ2v) is 9.36. The molecule has 4 rings (SSSR count). The Morgan fingerprint density at radius 1 is 1.20 bits per heavy atom. The van der Waals surface area contributed by atoms with Crippen molar-refractivity contribution in [2.24, 2.45) is 28.6 Å². The van der Waals surface area contributed by atoms with Crippen LogP contribution in [0.1, 0.15) is 65.2 Å². The van der Waals surface area contributed by atoms with Gasteiger partial charge in [0.05, 0.1) is 5.60 Å². The SMILES string of the molecule is C[C@]12CCC(=O)C=C1C=C[C@@H]1[C@@H]2CC[C@@]2(C)[C@H]1CC[C@@]2(O)CCC=O. The van der Waals surface area contributed by atoms with Crippen LogP contribution in [0, 0.1) is 28.6 Å². The summed E-state index contributed by atoms with van der Waals surface area (Å²) in [5.74, 6) is 1.80. The average Bonchev–Trinajstić information content (AvgIpc) is 2.85. The maximum absolute atomic E-state index is 11.9. The fourth-order valence-electron chi connectivity index (χ4n) is 6.82. The van der Waals surface area contributed by atoms with E-state index < -0.39 is 5.60 Å². The summed E-state index contributed by atoms with van der Waals surface area (Å²) in [6.07, 6.45) is 14.0. The Morgan fingerprint density at radius 2 is 1.96 bits per heavy atom. The molecule has 0 aromatic rings. The first-order valence-electron chi connectivity index (χ1n) is 9.93. The van der Waals surface area contributed by atoms with Gasteiger partial charge in [-0.1, -0.05) is 26.0 Å². The molecule has 3 nitrogen and oxygen atoms in total. The second kappa shape index (κ2) is 5.64. The summed E-state index contributed by atoms with van der Waals surface area (Å²) < 4.78 is 0. The van der Waals surface area contributed by atoms with Crippen LogP contribution in [0.2, 0.25) is 0 Å². The van der Waals surface area contributed by atoms with Crippen molar-refractivity contribution in [1.29, 1.82) is 0 Å². The van der Waals surface area contributed by atoms with E-state index in [0.29, 0.717) is 37.0 Å². The Kier molecular flexibility index (Phi) is 3.88. The van der Waals surface area contributed by atoms with Crippen LogP contribution in [0.4, 0.5) is 0 Å². The van der Waals surface area contributed by atoms with Crippen molar-refractivity contribution in [1.82, 2.24) is 0 Å². The molecule has 0 unspecified atom stereocenters. The van der Waals surface area contributed by atoms with Crippen molar-refractivity contribution in [2.45, 2.75) is 70.8 Å². The molecule has 0 aromatic carbocycles. The smallest absolute Gasteiger partial charge is 0.156 e. The molecule has 0 amide bonds. The fraction of sp³-hybridized carbons (Fsp3) is 0.727. The van der Waals surface area contributed by atoms with E-state index in [0.717, 1.165) is 38.4 Å². The number of ketones is 1. The first kappa shape index (κ1) is 17.2. The number of rotatable bonds is 3. The summed E-state index contributed by atoms with van der Waals surface area (Å²) >= 11 is 0. The predicted molar refractivity (Wildman–Crippen MR) is 96.9 cm³/mol. The molecule has 0 saturated heterocycles. The van der Waals surface area contributed by atoms with Crippen molar-refractivity contribution >= 4 is 12.1 Å². The minimum absolute atomic E-state index is 0.0937. The monoisotopic (exact) mass is 342 g/mol. The Morgan fingerprint density at radius 3 is 2.72 bits per heavy atom. The highest BCUT2D eigenvalue weighted by Gasteiger charge is 2.62. The Labute approximate surface area is 150 Å². The molecule has 25 heavy (non-hydrogen) atoms. The van der Waals surface area contributed by atoms with Gasteiger partial charge in [-0.2, -0.15) is 0 Å². The van der Waals surface area contributed by atoms with E-state index in [9.17, 15) is 14.7 Å². The number of hydrogen-bond donors (Lipinski definition) is 1. The lowest BCUT2D eigenvalue weighted by Gasteiger charge is -2.57. The fourth-order valence-corrected chi connectivity index (χ4v) is 6.82. The molecule has 2 saturated carbocycles. The molecule has 4 aliphatic rings. The topological polar surface area (TPSA) is 54.4 Å². The lowest BCUT2D eigenvalue weighted by atomic mass is 9.48. The summed E-state index contributed by atoms with van der Waals surface area (Å²) in [5, 5.41) is 11.4. The quantitative estimate of drug-likeness (QED) is 0.789. The van der Waals surface area contributed by atoms with Gasteiger partial charge in [0.1, 0.15) is 6.29 Å². The zero-order valence-corrected chi connectivity index (χ0v) is 15.5. The van der Waals surface area contributed by atoms with Gasteiger partial charge in [0.15, 0.2) is 5.78 Å². The van der Waals surface area contributed by atoms with E-state index in [2.05, 4.69) is 26.0 Å². The number of fused-ring (bicyclic) bond motifs is 5. The van der Waals surface area contributed by atoms with Crippen LogP contribution in [-0.4, -0.2) is 22.8 Å². The molecule has 6 atom stereocenters. The molecule has 4 aliphatic carbocycles. The van der Waals surface area contributed by atoms with E-state index in [4.69, 9.17) is 0 Å². The first-order valence-corrected chi connectivity index (χ1v) is 9.93. The first-order chi connectivity index (χ1) is 11.8. The number of hydrogen-bond acceptors (Lipinski definition) is 3. The minimum atomic E-state index is -0.697. The van der Waals surface area contributed by atoms with Crippen LogP contribution in [0.15, 0.2) is 23.8 Å². The van der Waals surface area contributed by atoms with Gasteiger partial charge in [-0.3, -0.25) is 4.79 Å². The van der Waals surface area contributed by atoms with Crippen molar-refractivity contribution < 1.29 is 14.7 Å². The van der Waals surface area contributed by atoms with Gasteiger partial charge in [-0.15, -0.1) is 0 Å². The zero-order valence-electron chi connectivity index (χ0n) is 15.5. The second-order valence-electron chi connectivity index (χ2n) is 9.36. The van der Waals surface area contributed by atoms with Crippen LogP contribution < -0.4 is 0 Å². The van der Waals surface area contributed by atoms with Crippen LogP contribution in [0.3, 0.4) is 0 Å². The number of carbonyl (C=O) groups excluding carboxylic acids is 2. The number of aliphatic hydroxyl groups is 1. The van der Waals surface area contributed by atoms with Crippen molar-refractivity contribution in [3.63, 3.8) is 0 Å². The van der Waals surface area contributed by atoms with Crippen molar-refractivity contribution in [3.8, 4) is 0 Å². The van der Waals surface area contributed by atoms with Crippen LogP contribution in [0.5, 0.6) is 0 Å². The Bertz CT molecular complexity index is 662. The highest BCUT2D eigenvalue weighted by Crippen LogP contribution is 2.66. The van der Waals surface area contributed by atoms with Crippen LogP contribution >= 0.6 is 0 Å². The highest BCUT2D eigenvalue weighted by molar-refractivity contribution is 5.92. The maximum atomic E-state index is 11.9. The normalized spacial score (nSPS) is 48.4. The highest BCUT2D eigenvalue weighted by atomic mass is 16.3. The number of aldehydes is 1. The van der Waals surface area contributed by atoms with E-state index >= 15 is 0 Å². The van der Waals surface area contributed by atoms with Gasteiger partial charge in [-0.25, -0.2) is 0 Å². The molecule has 3 heteroatoms. The predicted octanol–water partition coefficient (Wildman–Crippen LogP) is 4.00. The Hall–Kier alpha value is -1.22. The third-order valence-corrected chi connectivity index (χ3v) is 8.51. The van der Waals surface area contributed by atoms with Gasteiger partial charge in [0.2, 0.25) is 0 Å². The largest absolute Gasteiger partial charge is 0.389 e. The van der Waals surface area contributed by atoms with Crippen LogP contribution in [-0.2, 0) is 9.59 Å². The van der Waals surface area contributed by atoms with Gasteiger partial charge in [0.25, 0.3) is 0 Å². The van der Waals surface area contributed by atoms with Gasteiger partial charge >= 0.3 is 0 Å². The van der Waals surface area contributed by atoms with Crippen molar-refractivity contribution in [3.05, 3.63) is 23.8 Å². The molecular weight excluding hydrogens is 312 g/mol. The maximum Gasteiger partial charge on any atom is 0.156 e. The van der Waals surface area contributed by atoms with Crippen LogP contribution in [0.25, 0.3) is 0 Å². The van der Waals surface area contributed by atoms with Gasteiger partial charge in [-0.05, 0) is 78.8 Å². The molecule has 0 heterocycles. The third kappa shape index (κ3) is 2.27. The molecule has 136 valence electrons. The molecular formula is C22H30O3. The number of allylic oxidation sites excluding steroid dienone is 4. The summed E-state index contributed by atoms with van der Waals surface area (Å²) in [6, 6.07) is 0. The molecule has 0 spiro atoms. The summed E-state index contributed by atoms with van der Waals surface area (Å²) in [6.45, 7) is 4.61. The Balaban J connectivity index is 1.68. The lowest BCUT2D eigenvalue weighted by Crippen LogP contribution is -2.53. The molecule has 0 aliphatic heterocycles. The third-order valence-electron chi connectivity index (χ3n) is 8.51. The number of carbonyl (C=O) groups is 2. The van der Waals surface area contributed by atoms with E-state index in [1.807, 2.05) is 6.08 Å². The van der Waals surface area contributed by atoms with E-state index in [1.54, 1.807) is 0 Å². The summed E-state index contributed by atoms with van der Waals surface area (Å²) in [4.78, 5) is 22.7. The molecule has 0 bridgehead atoms. The summed E-state index contributed by atoms with van der Waals surface area (Å²) in [7, 11) is 0. The zero-order chi connectivity index (χ0) is 17.9. The van der Waals surface area contributed by atoms with E-state index in [-0.39, 0.29) is 16.6 Å². The summed E-state index contributed by atoms with van der Waals surface area (Å²) in [5.41, 5.74) is 0.543. The molecule has 2 fully saturated rings.